The summed E-state index contributed by atoms with van der Waals surface area (Å²) in [6.07, 6.45) is -0.898. The highest BCUT2D eigenvalue weighted by Gasteiger charge is 2.18. The average molecular weight is 408 g/mol. The van der Waals surface area contributed by atoms with Crippen molar-refractivity contribution in [2.45, 2.75) is 20.0 Å². The van der Waals surface area contributed by atoms with Gasteiger partial charge in [0, 0.05) is 12.1 Å². The van der Waals surface area contributed by atoms with Gasteiger partial charge < -0.3 is 9.47 Å². The first-order valence-electron chi connectivity index (χ1n) is 8.25. The van der Waals surface area contributed by atoms with Crippen molar-refractivity contribution < 1.29 is 24.0 Å². The van der Waals surface area contributed by atoms with E-state index in [0.29, 0.717) is 18.1 Å². The van der Waals surface area contributed by atoms with Gasteiger partial charge in [0.1, 0.15) is 11.5 Å². The Hall–Kier alpha value is -3.33. The van der Waals surface area contributed by atoms with Crippen molar-refractivity contribution in [2.24, 2.45) is 0 Å². The minimum absolute atomic E-state index is 0.0207. The number of nitro groups is 1. The molecule has 2 N–H and O–H groups in total. The summed E-state index contributed by atoms with van der Waals surface area (Å²) in [6.45, 7) is 3.92. The van der Waals surface area contributed by atoms with Gasteiger partial charge in [0.05, 0.1) is 22.1 Å². The van der Waals surface area contributed by atoms with E-state index in [2.05, 4.69) is 10.9 Å². The molecule has 2 rings (SSSR count). The van der Waals surface area contributed by atoms with E-state index in [-0.39, 0.29) is 16.3 Å². The Balaban J connectivity index is 1.90. The number of carbonyl (C=O) groups is 2. The van der Waals surface area contributed by atoms with Crippen LogP contribution in [0.5, 0.6) is 11.5 Å². The SMILES string of the molecule is CCOc1ccc(O[C@@H](C)C(=O)NNC(=O)c2ccc([N+](=O)[O-])cc2Cl)cc1. The van der Waals surface area contributed by atoms with Crippen molar-refractivity contribution in [3.8, 4) is 11.5 Å². The smallest absolute Gasteiger partial charge is 0.279 e. The second-order valence-electron chi connectivity index (χ2n) is 5.53. The number of hydrogen-bond acceptors (Lipinski definition) is 6. The summed E-state index contributed by atoms with van der Waals surface area (Å²) in [4.78, 5) is 34.2. The highest BCUT2D eigenvalue weighted by Crippen LogP contribution is 2.22. The molecule has 28 heavy (non-hydrogen) atoms. The Morgan fingerprint density at radius 1 is 1.14 bits per heavy atom. The van der Waals surface area contributed by atoms with Gasteiger partial charge in [0.25, 0.3) is 17.5 Å². The summed E-state index contributed by atoms with van der Waals surface area (Å²) in [5.74, 6) is -0.183. The quantitative estimate of drug-likeness (QED) is 0.538. The number of nitrogens with zero attached hydrogens (tertiary/aromatic N) is 1. The van der Waals surface area contributed by atoms with Crippen LogP contribution in [0.1, 0.15) is 24.2 Å². The predicted octanol–water partition coefficient (Wildman–Crippen LogP) is 2.88. The zero-order valence-corrected chi connectivity index (χ0v) is 15.9. The van der Waals surface area contributed by atoms with Crippen molar-refractivity contribution in [3.63, 3.8) is 0 Å². The van der Waals surface area contributed by atoms with E-state index in [0.717, 1.165) is 12.1 Å². The fourth-order valence-corrected chi connectivity index (χ4v) is 2.39. The third-order valence-electron chi connectivity index (χ3n) is 3.52. The van der Waals surface area contributed by atoms with E-state index in [1.807, 2.05) is 6.92 Å². The van der Waals surface area contributed by atoms with Crippen molar-refractivity contribution in [1.29, 1.82) is 0 Å². The van der Waals surface area contributed by atoms with E-state index in [1.165, 1.54) is 13.0 Å². The topological polar surface area (TPSA) is 120 Å². The fraction of sp³-hybridized carbons (Fsp3) is 0.222. The van der Waals surface area contributed by atoms with Crippen LogP contribution < -0.4 is 20.3 Å². The number of non-ortho nitro benzene ring substituents is 1. The molecule has 9 nitrogen and oxygen atoms in total. The van der Waals surface area contributed by atoms with E-state index < -0.39 is 22.8 Å². The standard InChI is InChI=1S/C18H18ClN3O6/c1-3-27-13-5-7-14(8-6-13)28-11(2)17(23)20-21-18(24)15-9-4-12(22(25)26)10-16(15)19/h4-11H,3H2,1-2H3,(H,20,23)(H,21,24)/t11-/m0/s1. The zero-order chi connectivity index (χ0) is 20.7. The number of hydrogen-bond donors (Lipinski definition) is 2. The van der Waals surface area contributed by atoms with Gasteiger partial charge in [-0.15, -0.1) is 0 Å². The molecular weight excluding hydrogens is 390 g/mol. The number of benzene rings is 2. The molecule has 2 aromatic rings. The molecule has 0 saturated heterocycles. The lowest BCUT2D eigenvalue weighted by Gasteiger charge is -2.15. The molecule has 10 heteroatoms. The van der Waals surface area contributed by atoms with Crippen LogP contribution in [0.3, 0.4) is 0 Å². The first-order valence-corrected chi connectivity index (χ1v) is 8.63. The van der Waals surface area contributed by atoms with Crippen LogP contribution in [-0.4, -0.2) is 29.4 Å². The van der Waals surface area contributed by atoms with Crippen LogP contribution in [0.2, 0.25) is 5.02 Å². The Kier molecular flexibility index (Phi) is 7.16. The number of hydrazine groups is 1. The molecule has 0 aromatic heterocycles. The van der Waals surface area contributed by atoms with Crippen LogP contribution in [0.15, 0.2) is 42.5 Å². The second-order valence-corrected chi connectivity index (χ2v) is 5.94. The normalized spacial score (nSPS) is 11.2. The Morgan fingerprint density at radius 2 is 1.79 bits per heavy atom. The van der Waals surface area contributed by atoms with Gasteiger partial charge in [-0.05, 0) is 44.2 Å². The van der Waals surface area contributed by atoms with Crippen LogP contribution >= 0.6 is 11.6 Å². The lowest BCUT2D eigenvalue weighted by molar-refractivity contribution is -0.384. The summed E-state index contributed by atoms with van der Waals surface area (Å²) < 4.78 is 10.8. The molecule has 0 aliphatic carbocycles. The largest absolute Gasteiger partial charge is 0.494 e. The number of nitro benzene ring substituents is 1. The molecule has 0 heterocycles. The van der Waals surface area contributed by atoms with Crippen molar-refractivity contribution in [2.75, 3.05) is 6.61 Å². The molecule has 1 atom stereocenters. The first-order chi connectivity index (χ1) is 13.3. The molecule has 0 saturated carbocycles. The summed E-state index contributed by atoms with van der Waals surface area (Å²) >= 11 is 5.88. The molecule has 2 aromatic carbocycles. The number of amides is 2. The highest BCUT2D eigenvalue weighted by atomic mass is 35.5. The van der Waals surface area contributed by atoms with E-state index >= 15 is 0 Å². The van der Waals surface area contributed by atoms with Crippen LogP contribution in [0.4, 0.5) is 5.69 Å². The van der Waals surface area contributed by atoms with Gasteiger partial charge in [-0.1, -0.05) is 11.6 Å². The molecule has 2 amide bonds. The second kappa shape index (κ2) is 9.56. The highest BCUT2D eigenvalue weighted by molar-refractivity contribution is 6.34. The van der Waals surface area contributed by atoms with Gasteiger partial charge in [-0.3, -0.25) is 30.6 Å². The molecule has 0 fully saturated rings. The van der Waals surface area contributed by atoms with Crippen molar-refractivity contribution in [3.05, 3.63) is 63.2 Å². The van der Waals surface area contributed by atoms with Crippen molar-refractivity contribution in [1.82, 2.24) is 10.9 Å². The predicted molar refractivity (Wildman–Crippen MR) is 101 cm³/mol. The van der Waals surface area contributed by atoms with Crippen LogP contribution in [-0.2, 0) is 4.79 Å². The minimum atomic E-state index is -0.898. The van der Waals surface area contributed by atoms with Gasteiger partial charge >= 0.3 is 0 Å². The van der Waals surface area contributed by atoms with Gasteiger partial charge in [-0.25, -0.2) is 0 Å². The molecule has 0 aliphatic heterocycles. The maximum absolute atomic E-state index is 12.1. The third kappa shape index (κ3) is 5.58. The Bertz CT molecular complexity index is 872. The minimum Gasteiger partial charge on any atom is -0.494 e. The molecule has 0 bridgehead atoms. The van der Waals surface area contributed by atoms with Crippen molar-refractivity contribution >= 4 is 29.1 Å². The Labute approximate surface area is 165 Å². The van der Waals surface area contributed by atoms with Gasteiger partial charge in [0.15, 0.2) is 6.10 Å². The number of rotatable bonds is 7. The molecule has 0 spiro atoms. The zero-order valence-electron chi connectivity index (χ0n) is 15.1. The average Bonchev–Trinajstić information content (AvgIpc) is 2.67. The number of ether oxygens (including phenoxy) is 2. The summed E-state index contributed by atoms with van der Waals surface area (Å²) in [7, 11) is 0. The van der Waals surface area contributed by atoms with Gasteiger partial charge in [-0.2, -0.15) is 0 Å². The van der Waals surface area contributed by atoms with E-state index in [9.17, 15) is 19.7 Å². The molecule has 0 unspecified atom stereocenters. The lowest BCUT2D eigenvalue weighted by Crippen LogP contribution is -2.47. The fourth-order valence-electron chi connectivity index (χ4n) is 2.13. The van der Waals surface area contributed by atoms with E-state index in [1.54, 1.807) is 24.3 Å². The number of halogens is 1. The summed E-state index contributed by atoms with van der Waals surface area (Å²) in [5.41, 5.74) is 4.14. The monoisotopic (exact) mass is 407 g/mol. The third-order valence-corrected chi connectivity index (χ3v) is 3.84. The molecule has 0 radical (unpaired) electrons. The maximum atomic E-state index is 12.1. The Morgan fingerprint density at radius 3 is 2.36 bits per heavy atom. The first kappa shape index (κ1) is 21.0. The summed E-state index contributed by atoms with van der Waals surface area (Å²) in [6, 6.07) is 10.1. The van der Waals surface area contributed by atoms with Crippen LogP contribution in [0.25, 0.3) is 0 Å². The molecular formula is C18H18ClN3O6. The molecule has 0 aliphatic rings. The number of carbonyl (C=O) groups excluding carboxylic acids is 2. The lowest BCUT2D eigenvalue weighted by atomic mass is 10.2. The van der Waals surface area contributed by atoms with Crippen LogP contribution in [0, 0.1) is 10.1 Å². The summed E-state index contributed by atoms with van der Waals surface area (Å²) in [5, 5.41) is 10.6. The maximum Gasteiger partial charge on any atom is 0.279 e. The number of nitrogens with one attached hydrogen (secondary N) is 2. The van der Waals surface area contributed by atoms with E-state index in [4.69, 9.17) is 21.1 Å². The molecule has 148 valence electrons. The van der Waals surface area contributed by atoms with Gasteiger partial charge in [0.2, 0.25) is 0 Å².